The molecule has 0 saturated carbocycles. The molecule has 0 unspecified atom stereocenters. The maximum absolute atomic E-state index is 14.0. The Balaban J connectivity index is 1.98. The highest BCUT2D eigenvalue weighted by Crippen LogP contribution is 2.25. The lowest BCUT2D eigenvalue weighted by Crippen LogP contribution is -2.15. The number of halogens is 1. The van der Waals surface area contributed by atoms with Crippen molar-refractivity contribution in [3.63, 3.8) is 0 Å². The van der Waals surface area contributed by atoms with Gasteiger partial charge in [0.2, 0.25) is 5.88 Å². The summed E-state index contributed by atoms with van der Waals surface area (Å²) >= 11 is 0. The van der Waals surface area contributed by atoms with Crippen LogP contribution in [0.15, 0.2) is 47.4 Å². The fraction of sp³-hybridized carbons (Fsp3) is 0.0588. The molecule has 0 saturated heterocycles. The molecule has 0 atom stereocenters. The molecule has 1 aromatic heterocycles. The van der Waals surface area contributed by atoms with E-state index in [9.17, 15) is 22.7 Å². The first kappa shape index (κ1) is 17.6. The fourth-order valence-corrected chi connectivity index (χ4v) is 3.51. The number of nitrogens with one attached hydrogen (secondary N) is 1. The zero-order chi connectivity index (χ0) is 19.1. The van der Waals surface area contributed by atoms with E-state index in [1.165, 1.54) is 18.2 Å². The van der Waals surface area contributed by atoms with Crippen molar-refractivity contribution in [3.8, 4) is 5.88 Å². The maximum Gasteiger partial charge on any atom is 0.335 e. The zero-order valence-electron chi connectivity index (χ0n) is 13.4. The molecule has 134 valence electrons. The van der Waals surface area contributed by atoms with E-state index in [2.05, 4.69) is 9.71 Å². The van der Waals surface area contributed by atoms with Crippen molar-refractivity contribution in [2.45, 2.75) is 11.8 Å². The summed E-state index contributed by atoms with van der Waals surface area (Å²) in [7, 11) is -4.26. The van der Waals surface area contributed by atoms with E-state index in [0.29, 0.717) is 22.5 Å². The number of aromatic carboxylic acids is 1. The van der Waals surface area contributed by atoms with Gasteiger partial charge in [-0.25, -0.2) is 22.6 Å². The van der Waals surface area contributed by atoms with Gasteiger partial charge in [0, 0.05) is 16.6 Å². The van der Waals surface area contributed by atoms with Crippen molar-refractivity contribution in [1.29, 1.82) is 0 Å². The highest BCUT2D eigenvalue weighted by molar-refractivity contribution is 7.92. The zero-order valence-corrected chi connectivity index (χ0v) is 14.2. The van der Waals surface area contributed by atoms with Crippen LogP contribution in [0.4, 0.5) is 10.1 Å². The monoisotopic (exact) mass is 376 g/mol. The second kappa shape index (κ2) is 6.26. The number of hydrogen-bond donors (Lipinski definition) is 3. The molecule has 0 fully saturated rings. The number of sulfonamides is 1. The van der Waals surface area contributed by atoms with Crippen molar-refractivity contribution in [2.24, 2.45) is 0 Å². The van der Waals surface area contributed by atoms with Gasteiger partial charge in [-0.3, -0.25) is 4.72 Å². The molecule has 2 aromatic carbocycles. The van der Waals surface area contributed by atoms with Gasteiger partial charge in [-0.15, -0.1) is 0 Å². The van der Waals surface area contributed by atoms with Crippen LogP contribution in [0.1, 0.15) is 15.9 Å². The summed E-state index contributed by atoms with van der Waals surface area (Å²) < 4.78 is 41.1. The predicted octanol–water partition coefficient (Wildman–Crippen LogP) is 2.89. The third-order valence-electron chi connectivity index (χ3n) is 3.70. The molecule has 0 aliphatic heterocycles. The molecule has 1 heterocycles. The first-order chi connectivity index (χ1) is 12.2. The Kier molecular flexibility index (Phi) is 4.25. The van der Waals surface area contributed by atoms with Crippen LogP contribution in [-0.4, -0.2) is 29.6 Å². The minimum absolute atomic E-state index is 0.119. The van der Waals surface area contributed by atoms with Crippen LogP contribution >= 0.6 is 0 Å². The molecule has 0 amide bonds. The summed E-state index contributed by atoms with van der Waals surface area (Å²) in [6.07, 6.45) is 0. The van der Waals surface area contributed by atoms with Crippen molar-refractivity contribution in [2.75, 3.05) is 4.72 Å². The van der Waals surface area contributed by atoms with Gasteiger partial charge in [0.15, 0.2) is 0 Å². The van der Waals surface area contributed by atoms with Gasteiger partial charge in [0.05, 0.1) is 11.1 Å². The molecule has 3 aromatic rings. The average Bonchev–Trinajstić information content (AvgIpc) is 2.55. The number of carboxylic acid groups (broad SMARTS) is 1. The van der Waals surface area contributed by atoms with E-state index in [-0.39, 0.29) is 17.1 Å². The van der Waals surface area contributed by atoms with Gasteiger partial charge < -0.3 is 10.2 Å². The maximum atomic E-state index is 14.0. The number of aryl methyl sites for hydroxylation is 1. The van der Waals surface area contributed by atoms with Gasteiger partial charge in [-0.05, 0) is 49.4 Å². The molecule has 9 heteroatoms. The van der Waals surface area contributed by atoms with E-state index in [1.807, 2.05) is 0 Å². The largest absolute Gasteiger partial charge is 0.493 e. The molecular formula is C17H13FN2O5S. The van der Waals surface area contributed by atoms with E-state index in [1.54, 1.807) is 13.0 Å². The number of aromatic hydroxyl groups is 1. The second-order valence-electron chi connectivity index (χ2n) is 5.59. The Morgan fingerprint density at radius 1 is 1.15 bits per heavy atom. The molecule has 3 N–H and O–H groups in total. The average molecular weight is 376 g/mol. The van der Waals surface area contributed by atoms with Crippen LogP contribution in [0, 0.1) is 12.7 Å². The number of fused-ring (bicyclic) bond motifs is 1. The van der Waals surface area contributed by atoms with Gasteiger partial charge >= 0.3 is 5.97 Å². The highest BCUT2D eigenvalue weighted by atomic mass is 32.2. The number of carboxylic acids is 1. The van der Waals surface area contributed by atoms with E-state index < -0.39 is 26.7 Å². The smallest absolute Gasteiger partial charge is 0.335 e. The standard InChI is InChI=1S/C17H13FN2O5S/c1-9-6-11-7-12(3-4-14(11)19-16(9)21)20-26(24,25)15-5-2-10(17(22)23)8-13(15)18/h2-8,20H,1H3,(H,19,21)(H,22,23). The number of rotatable bonds is 4. The van der Waals surface area contributed by atoms with Crippen molar-refractivity contribution in [3.05, 3.63) is 59.4 Å². The van der Waals surface area contributed by atoms with E-state index in [0.717, 1.165) is 12.1 Å². The summed E-state index contributed by atoms with van der Waals surface area (Å²) in [5.41, 5.74) is 0.806. The summed E-state index contributed by atoms with van der Waals surface area (Å²) in [6, 6.07) is 8.62. The number of carbonyl (C=O) groups is 1. The van der Waals surface area contributed by atoms with Gasteiger partial charge in [0.25, 0.3) is 10.0 Å². The van der Waals surface area contributed by atoms with Crippen LogP contribution in [0.5, 0.6) is 5.88 Å². The molecule has 0 aliphatic rings. The summed E-state index contributed by atoms with van der Waals surface area (Å²) in [6.45, 7) is 1.65. The minimum atomic E-state index is -4.26. The normalized spacial score (nSPS) is 11.5. The number of hydrogen-bond acceptors (Lipinski definition) is 5. The molecule has 3 rings (SSSR count). The minimum Gasteiger partial charge on any atom is -0.493 e. The molecule has 0 spiro atoms. The number of nitrogens with zero attached hydrogens (tertiary/aromatic N) is 1. The Morgan fingerprint density at radius 3 is 2.54 bits per heavy atom. The molecule has 26 heavy (non-hydrogen) atoms. The first-order valence-corrected chi connectivity index (χ1v) is 8.82. The van der Waals surface area contributed by atoms with Crippen molar-refractivity contribution >= 4 is 32.6 Å². The van der Waals surface area contributed by atoms with E-state index in [4.69, 9.17) is 5.11 Å². The summed E-state index contributed by atoms with van der Waals surface area (Å²) in [4.78, 5) is 14.1. The van der Waals surface area contributed by atoms with Crippen LogP contribution < -0.4 is 4.72 Å². The van der Waals surface area contributed by atoms with Crippen LogP contribution in [0.2, 0.25) is 0 Å². The van der Waals surface area contributed by atoms with E-state index >= 15 is 0 Å². The lowest BCUT2D eigenvalue weighted by Gasteiger charge is -2.10. The molecule has 0 aliphatic carbocycles. The Hall–Kier alpha value is -3.20. The Labute approximate surface area is 147 Å². The van der Waals surface area contributed by atoms with Gasteiger partial charge in [0.1, 0.15) is 10.7 Å². The third kappa shape index (κ3) is 3.29. The highest BCUT2D eigenvalue weighted by Gasteiger charge is 2.21. The molecule has 0 radical (unpaired) electrons. The molecular weight excluding hydrogens is 363 g/mol. The quantitative estimate of drug-likeness (QED) is 0.645. The topological polar surface area (TPSA) is 117 Å². The molecule has 7 nitrogen and oxygen atoms in total. The molecule has 0 bridgehead atoms. The lowest BCUT2D eigenvalue weighted by atomic mass is 10.1. The summed E-state index contributed by atoms with van der Waals surface area (Å²) in [5, 5.41) is 19.0. The fourth-order valence-electron chi connectivity index (χ4n) is 2.40. The Morgan fingerprint density at radius 2 is 1.88 bits per heavy atom. The van der Waals surface area contributed by atoms with Crippen molar-refractivity contribution < 1.29 is 27.8 Å². The van der Waals surface area contributed by atoms with Crippen LogP contribution in [0.25, 0.3) is 10.9 Å². The van der Waals surface area contributed by atoms with Crippen LogP contribution in [-0.2, 0) is 10.0 Å². The SMILES string of the molecule is Cc1cc2cc(NS(=O)(=O)c3ccc(C(=O)O)cc3F)ccc2nc1O. The number of pyridine rings is 1. The van der Waals surface area contributed by atoms with Gasteiger partial charge in [-0.1, -0.05) is 0 Å². The van der Waals surface area contributed by atoms with Crippen molar-refractivity contribution in [1.82, 2.24) is 4.98 Å². The second-order valence-corrected chi connectivity index (χ2v) is 7.24. The number of anilines is 1. The lowest BCUT2D eigenvalue weighted by molar-refractivity contribution is 0.0696. The summed E-state index contributed by atoms with van der Waals surface area (Å²) in [5.74, 6) is -2.64. The van der Waals surface area contributed by atoms with Crippen LogP contribution in [0.3, 0.4) is 0 Å². The third-order valence-corrected chi connectivity index (χ3v) is 5.11. The number of benzene rings is 2. The van der Waals surface area contributed by atoms with Gasteiger partial charge in [-0.2, -0.15) is 0 Å². The Bertz CT molecular complexity index is 1150. The predicted molar refractivity (Wildman–Crippen MR) is 92.3 cm³/mol. The number of aromatic nitrogens is 1. The first-order valence-electron chi connectivity index (χ1n) is 7.33.